The largest absolute Gasteiger partial charge is 0.383 e. The minimum Gasteiger partial charge on any atom is -0.383 e. The van der Waals surface area contributed by atoms with E-state index in [0.29, 0.717) is 38.6 Å². The molecule has 2 aliphatic heterocycles. The molecule has 1 N–H and O–H groups in total. The molecule has 1 aromatic carbocycles. The molecule has 150 valence electrons. The molecule has 2 saturated heterocycles. The standard InChI is InChI=1S/C21H31FN2O3/c1-27-14-13-24-10-2-9-21(26,20(24)25)16-23-11-7-18(8-12-23)15-17-3-5-19(22)6-4-17/h3-6,18,26H,2,7-16H2,1H3/t21-/m1/s1. The Morgan fingerprint density at radius 3 is 2.59 bits per heavy atom. The SMILES string of the molecule is COCCN1CCC[C@@](O)(CN2CCC(Cc3ccc(F)cc3)CC2)C1=O. The number of carbonyl (C=O) groups is 1. The first kappa shape index (κ1) is 20.2. The van der Waals surface area contributed by atoms with E-state index in [1.165, 1.54) is 17.7 Å². The number of nitrogens with zero attached hydrogens (tertiary/aromatic N) is 2. The molecule has 2 heterocycles. The van der Waals surface area contributed by atoms with Crippen molar-refractivity contribution in [2.24, 2.45) is 5.92 Å². The minimum absolute atomic E-state index is 0.153. The maximum Gasteiger partial charge on any atom is 0.255 e. The number of halogens is 1. The maximum absolute atomic E-state index is 13.0. The summed E-state index contributed by atoms with van der Waals surface area (Å²) >= 11 is 0. The van der Waals surface area contributed by atoms with Gasteiger partial charge in [0.2, 0.25) is 0 Å². The molecule has 0 spiro atoms. The van der Waals surface area contributed by atoms with Crippen LogP contribution in [-0.2, 0) is 16.0 Å². The lowest BCUT2D eigenvalue weighted by molar-refractivity contribution is -0.160. The third kappa shape index (κ3) is 5.27. The van der Waals surface area contributed by atoms with Gasteiger partial charge in [-0.25, -0.2) is 4.39 Å². The van der Waals surface area contributed by atoms with Crippen molar-refractivity contribution in [2.75, 3.05) is 46.4 Å². The summed E-state index contributed by atoms with van der Waals surface area (Å²) in [6.45, 7) is 3.93. The van der Waals surface area contributed by atoms with Gasteiger partial charge < -0.3 is 14.7 Å². The van der Waals surface area contributed by atoms with Crippen molar-refractivity contribution in [3.05, 3.63) is 35.6 Å². The second kappa shape index (κ2) is 9.13. The van der Waals surface area contributed by atoms with Crippen molar-refractivity contribution in [3.8, 4) is 0 Å². The topological polar surface area (TPSA) is 53.0 Å². The van der Waals surface area contributed by atoms with Crippen molar-refractivity contribution in [3.63, 3.8) is 0 Å². The average Bonchev–Trinajstić information content (AvgIpc) is 2.66. The van der Waals surface area contributed by atoms with Crippen LogP contribution in [0.4, 0.5) is 4.39 Å². The summed E-state index contributed by atoms with van der Waals surface area (Å²) in [7, 11) is 1.62. The van der Waals surface area contributed by atoms with Gasteiger partial charge in [-0.15, -0.1) is 0 Å². The van der Waals surface area contributed by atoms with Crippen LogP contribution in [0.1, 0.15) is 31.2 Å². The first-order valence-corrected chi connectivity index (χ1v) is 9.98. The highest BCUT2D eigenvalue weighted by Gasteiger charge is 2.43. The number of hydrogen-bond acceptors (Lipinski definition) is 4. The molecule has 0 radical (unpaired) electrons. The lowest BCUT2D eigenvalue weighted by Gasteiger charge is -2.42. The van der Waals surface area contributed by atoms with E-state index in [2.05, 4.69) is 4.90 Å². The molecule has 2 fully saturated rings. The fraction of sp³-hybridized carbons (Fsp3) is 0.667. The van der Waals surface area contributed by atoms with Crippen molar-refractivity contribution in [2.45, 2.75) is 37.7 Å². The molecule has 6 heteroatoms. The smallest absolute Gasteiger partial charge is 0.255 e. The Labute approximate surface area is 161 Å². The molecule has 0 saturated carbocycles. The average molecular weight is 378 g/mol. The zero-order valence-corrected chi connectivity index (χ0v) is 16.2. The van der Waals surface area contributed by atoms with Gasteiger partial charge in [0.15, 0.2) is 5.60 Å². The zero-order valence-electron chi connectivity index (χ0n) is 16.2. The van der Waals surface area contributed by atoms with Gasteiger partial charge in [0.1, 0.15) is 5.82 Å². The second-order valence-electron chi connectivity index (χ2n) is 7.97. The van der Waals surface area contributed by atoms with Gasteiger partial charge in [-0.05, 0) is 68.8 Å². The van der Waals surface area contributed by atoms with Crippen LogP contribution in [0, 0.1) is 11.7 Å². The Bertz CT molecular complexity index is 616. The summed E-state index contributed by atoms with van der Waals surface area (Å²) in [4.78, 5) is 16.7. The molecule has 0 bridgehead atoms. The summed E-state index contributed by atoms with van der Waals surface area (Å²) in [6.07, 6.45) is 4.39. The fourth-order valence-electron chi connectivity index (χ4n) is 4.30. The normalized spacial score (nSPS) is 25.1. The van der Waals surface area contributed by atoms with Gasteiger partial charge in [-0.1, -0.05) is 12.1 Å². The molecule has 1 amide bonds. The Morgan fingerprint density at radius 2 is 1.93 bits per heavy atom. The van der Waals surface area contributed by atoms with Gasteiger partial charge >= 0.3 is 0 Å². The van der Waals surface area contributed by atoms with Gasteiger partial charge in [0, 0.05) is 26.7 Å². The van der Waals surface area contributed by atoms with Crippen LogP contribution < -0.4 is 0 Å². The number of benzene rings is 1. The van der Waals surface area contributed by atoms with Crippen LogP contribution in [0.25, 0.3) is 0 Å². The molecule has 27 heavy (non-hydrogen) atoms. The van der Waals surface area contributed by atoms with E-state index in [9.17, 15) is 14.3 Å². The number of carbonyl (C=O) groups excluding carboxylic acids is 1. The molecule has 0 aromatic heterocycles. The molecule has 5 nitrogen and oxygen atoms in total. The summed E-state index contributed by atoms with van der Waals surface area (Å²) in [5.74, 6) is 0.222. The molecule has 0 aliphatic carbocycles. The molecule has 2 aliphatic rings. The van der Waals surface area contributed by atoms with Crippen molar-refractivity contribution < 1.29 is 19.0 Å². The highest BCUT2D eigenvalue weighted by Crippen LogP contribution is 2.27. The number of β-amino-alcohol motifs (C(OH)–C–C–N with tert-alkyl or cyclic N) is 1. The lowest BCUT2D eigenvalue weighted by atomic mass is 9.87. The van der Waals surface area contributed by atoms with E-state index in [-0.39, 0.29) is 11.7 Å². The number of aliphatic hydroxyl groups is 1. The summed E-state index contributed by atoms with van der Waals surface area (Å²) < 4.78 is 18.1. The predicted octanol–water partition coefficient (Wildman–Crippen LogP) is 2.08. The van der Waals surface area contributed by atoms with Gasteiger partial charge in [0.05, 0.1) is 6.61 Å². The Balaban J connectivity index is 1.49. The third-order valence-electron chi connectivity index (χ3n) is 5.90. The predicted molar refractivity (Wildman–Crippen MR) is 102 cm³/mol. The molecule has 1 atom stereocenters. The fourth-order valence-corrected chi connectivity index (χ4v) is 4.30. The number of rotatable bonds is 7. The second-order valence-corrected chi connectivity index (χ2v) is 7.97. The number of hydrogen-bond donors (Lipinski definition) is 1. The monoisotopic (exact) mass is 378 g/mol. The quantitative estimate of drug-likeness (QED) is 0.789. The summed E-state index contributed by atoms with van der Waals surface area (Å²) in [5.41, 5.74) is -0.0970. The Morgan fingerprint density at radius 1 is 1.22 bits per heavy atom. The number of piperidine rings is 2. The lowest BCUT2D eigenvalue weighted by Crippen LogP contribution is -2.59. The maximum atomic E-state index is 13.0. The van der Waals surface area contributed by atoms with E-state index in [4.69, 9.17) is 4.74 Å². The van der Waals surface area contributed by atoms with E-state index >= 15 is 0 Å². The Hall–Kier alpha value is -1.50. The molecule has 1 aromatic rings. The molecule has 3 rings (SSSR count). The van der Waals surface area contributed by atoms with Crippen LogP contribution in [0.3, 0.4) is 0 Å². The van der Waals surface area contributed by atoms with Crippen molar-refractivity contribution >= 4 is 5.91 Å². The summed E-state index contributed by atoms with van der Waals surface area (Å²) in [6, 6.07) is 6.76. The summed E-state index contributed by atoms with van der Waals surface area (Å²) in [5, 5.41) is 11.0. The first-order chi connectivity index (χ1) is 13.0. The number of ether oxygens (including phenoxy) is 1. The van der Waals surface area contributed by atoms with Crippen molar-refractivity contribution in [1.82, 2.24) is 9.80 Å². The van der Waals surface area contributed by atoms with Crippen LogP contribution in [0.5, 0.6) is 0 Å². The van der Waals surface area contributed by atoms with Gasteiger partial charge in [-0.2, -0.15) is 0 Å². The highest BCUT2D eigenvalue weighted by atomic mass is 19.1. The molecule has 0 unspecified atom stereocenters. The van der Waals surface area contributed by atoms with E-state index < -0.39 is 5.60 Å². The minimum atomic E-state index is -1.27. The van der Waals surface area contributed by atoms with Crippen LogP contribution in [0.15, 0.2) is 24.3 Å². The number of amides is 1. The van der Waals surface area contributed by atoms with E-state index in [1.807, 2.05) is 12.1 Å². The highest BCUT2D eigenvalue weighted by molar-refractivity contribution is 5.86. The molecular formula is C21H31FN2O3. The number of likely N-dealkylation sites (tertiary alicyclic amines) is 2. The first-order valence-electron chi connectivity index (χ1n) is 9.98. The van der Waals surface area contributed by atoms with E-state index in [1.54, 1.807) is 12.0 Å². The number of methoxy groups -OCH3 is 1. The Kier molecular flexibility index (Phi) is 6.84. The van der Waals surface area contributed by atoms with Crippen LogP contribution in [0.2, 0.25) is 0 Å². The van der Waals surface area contributed by atoms with Crippen molar-refractivity contribution in [1.29, 1.82) is 0 Å². The van der Waals surface area contributed by atoms with Crippen LogP contribution >= 0.6 is 0 Å². The zero-order chi connectivity index (χ0) is 19.3. The van der Waals surface area contributed by atoms with E-state index in [0.717, 1.165) is 38.8 Å². The van der Waals surface area contributed by atoms with Gasteiger partial charge in [-0.3, -0.25) is 9.69 Å². The van der Waals surface area contributed by atoms with Crippen LogP contribution in [-0.4, -0.2) is 72.9 Å². The third-order valence-corrected chi connectivity index (χ3v) is 5.90. The van der Waals surface area contributed by atoms with Gasteiger partial charge in [0.25, 0.3) is 5.91 Å². The molecular weight excluding hydrogens is 347 g/mol.